The Kier molecular flexibility index (Phi) is 7.43. The minimum atomic E-state index is -1.11. The van der Waals surface area contributed by atoms with E-state index < -0.39 is 18.7 Å². The van der Waals surface area contributed by atoms with Crippen LogP contribution in [0.15, 0.2) is 34.9 Å². The molecule has 0 saturated heterocycles. The normalized spacial score (nSPS) is 20.0. The largest absolute Gasteiger partial charge is 0.491 e. The average molecular weight is 392 g/mol. The van der Waals surface area contributed by atoms with Crippen molar-refractivity contribution >= 4 is 11.8 Å². The van der Waals surface area contributed by atoms with E-state index in [9.17, 15) is 9.59 Å². The fourth-order valence-corrected chi connectivity index (χ4v) is 3.27. The lowest BCUT2D eigenvalue weighted by Crippen LogP contribution is -2.37. The standard InChI is InChI=1S/C21H32N2O5/c1-5-6-7-27-20-15-9-18(28-12-19(25)26)17(24)8-14(15)11-23(16(20)10-22)13-21(2,3)4/h9,11,18H,5-8,10,12-13,22H2,1-4H3,(H,25,26). The van der Waals surface area contributed by atoms with Crippen LogP contribution < -0.4 is 5.73 Å². The molecule has 1 atom stereocenters. The van der Waals surface area contributed by atoms with E-state index in [1.807, 2.05) is 6.20 Å². The number of rotatable bonds is 9. The van der Waals surface area contributed by atoms with Crippen molar-refractivity contribution in [3.8, 4) is 0 Å². The van der Waals surface area contributed by atoms with Gasteiger partial charge in [0.1, 0.15) is 18.5 Å². The number of Topliss-reactive ketones (excluding diaryl/α,β-unsaturated/α-hetero) is 1. The molecule has 0 aromatic rings. The lowest BCUT2D eigenvalue weighted by Gasteiger charge is -2.38. The predicted octanol–water partition coefficient (Wildman–Crippen LogP) is 2.59. The number of carboxylic acid groups (broad SMARTS) is 1. The van der Waals surface area contributed by atoms with Crippen LogP contribution in [0.4, 0.5) is 0 Å². The molecule has 0 aromatic heterocycles. The summed E-state index contributed by atoms with van der Waals surface area (Å²) in [5.41, 5.74) is 8.62. The fourth-order valence-electron chi connectivity index (χ4n) is 3.27. The molecular weight excluding hydrogens is 360 g/mol. The zero-order chi connectivity index (χ0) is 20.9. The number of ether oxygens (including phenoxy) is 2. The predicted molar refractivity (Wildman–Crippen MR) is 106 cm³/mol. The molecule has 0 radical (unpaired) electrons. The van der Waals surface area contributed by atoms with Gasteiger partial charge in [0.15, 0.2) is 5.78 Å². The van der Waals surface area contributed by atoms with E-state index in [0.717, 1.165) is 36.2 Å². The summed E-state index contributed by atoms with van der Waals surface area (Å²) in [5.74, 6) is -0.588. The molecule has 0 spiro atoms. The van der Waals surface area contributed by atoms with Gasteiger partial charge in [0.05, 0.1) is 12.3 Å². The maximum Gasteiger partial charge on any atom is 0.329 e. The van der Waals surface area contributed by atoms with Gasteiger partial charge >= 0.3 is 5.97 Å². The molecule has 0 bridgehead atoms. The Labute approximate surface area is 166 Å². The van der Waals surface area contributed by atoms with Crippen LogP contribution in [0.2, 0.25) is 0 Å². The van der Waals surface area contributed by atoms with Crippen molar-refractivity contribution in [3.05, 3.63) is 34.9 Å². The van der Waals surface area contributed by atoms with E-state index in [0.29, 0.717) is 18.9 Å². The molecule has 0 aromatic carbocycles. The number of hydrogen-bond donors (Lipinski definition) is 2. The molecular formula is C21H32N2O5. The van der Waals surface area contributed by atoms with Crippen molar-refractivity contribution in [2.24, 2.45) is 11.1 Å². The van der Waals surface area contributed by atoms with Crippen LogP contribution in [0.25, 0.3) is 0 Å². The van der Waals surface area contributed by atoms with Crippen LogP contribution in [0.5, 0.6) is 0 Å². The lowest BCUT2D eigenvalue weighted by molar-refractivity contribution is -0.145. The molecule has 0 fully saturated rings. The van der Waals surface area contributed by atoms with E-state index in [1.54, 1.807) is 6.08 Å². The number of carbonyl (C=O) groups excluding carboxylic acids is 1. The Balaban J connectivity index is 2.42. The highest BCUT2D eigenvalue weighted by Crippen LogP contribution is 2.37. The number of ketones is 1. The molecule has 1 heterocycles. The molecule has 0 saturated carbocycles. The summed E-state index contributed by atoms with van der Waals surface area (Å²) < 4.78 is 11.4. The Bertz CT molecular complexity index is 700. The minimum Gasteiger partial charge on any atom is -0.491 e. The summed E-state index contributed by atoms with van der Waals surface area (Å²) >= 11 is 0. The van der Waals surface area contributed by atoms with Crippen LogP contribution in [-0.4, -0.2) is 54.2 Å². The molecule has 7 heteroatoms. The number of unbranched alkanes of at least 4 members (excludes halogenated alkanes) is 1. The summed E-state index contributed by atoms with van der Waals surface area (Å²) in [6.07, 6.45) is 4.84. The number of nitrogens with two attached hydrogens (primary N) is 1. The lowest BCUT2D eigenvalue weighted by atomic mass is 9.86. The number of fused-ring (bicyclic) bond motifs is 1. The second kappa shape index (κ2) is 9.39. The average Bonchev–Trinajstić information content (AvgIpc) is 2.58. The highest BCUT2D eigenvalue weighted by Gasteiger charge is 2.34. The summed E-state index contributed by atoms with van der Waals surface area (Å²) in [6.45, 7) is 9.59. The van der Waals surface area contributed by atoms with Crippen molar-refractivity contribution in [1.29, 1.82) is 0 Å². The number of allylic oxidation sites excluding steroid dienone is 1. The molecule has 28 heavy (non-hydrogen) atoms. The summed E-state index contributed by atoms with van der Waals surface area (Å²) in [5, 5.41) is 8.86. The first kappa shape index (κ1) is 22.2. The molecule has 1 aliphatic carbocycles. The third kappa shape index (κ3) is 5.69. The van der Waals surface area contributed by atoms with Crippen LogP contribution >= 0.6 is 0 Å². The molecule has 156 valence electrons. The SMILES string of the molecule is CCCCOC1=C(CN)N(CC(C)(C)C)C=C2CC(=O)C(OCC(=O)O)C=C21. The van der Waals surface area contributed by atoms with Crippen LogP contribution in [0.1, 0.15) is 47.0 Å². The van der Waals surface area contributed by atoms with Gasteiger partial charge in [0.2, 0.25) is 0 Å². The van der Waals surface area contributed by atoms with Gasteiger partial charge in [-0.05, 0) is 23.5 Å². The monoisotopic (exact) mass is 392 g/mol. The topological polar surface area (TPSA) is 102 Å². The summed E-state index contributed by atoms with van der Waals surface area (Å²) in [6, 6.07) is 0. The molecule has 7 nitrogen and oxygen atoms in total. The van der Waals surface area contributed by atoms with Crippen molar-refractivity contribution in [1.82, 2.24) is 4.90 Å². The Morgan fingerprint density at radius 3 is 2.68 bits per heavy atom. The van der Waals surface area contributed by atoms with Gasteiger partial charge in [-0.15, -0.1) is 0 Å². The number of carboxylic acids is 1. The van der Waals surface area contributed by atoms with Crippen LogP contribution in [0, 0.1) is 5.41 Å². The highest BCUT2D eigenvalue weighted by molar-refractivity contribution is 5.91. The van der Waals surface area contributed by atoms with Crippen molar-refractivity contribution in [2.45, 2.75) is 53.1 Å². The molecule has 0 amide bonds. The number of carbonyl (C=O) groups is 2. The van der Waals surface area contributed by atoms with Crippen molar-refractivity contribution in [3.63, 3.8) is 0 Å². The third-order valence-electron chi connectivity index (χ3n) is 4.48. The van der Waals surface area contributed by atoms with Gasteiger partial charge in [0.25, 0.3) is 0 Å². The molecule has 1 unspecified atom stereocenters. The first-order valence-electron chi connectivity index (χ1n) is 9.78. The Morgan fingerprint density at radius 2 is 2.11 bits per heavy atom. The van der Waals surface area contributed by atoms with E-state index in [1.165, 1.54) is 0 Å². The third-order valence-corrected chi connectivity index (χ3v) is 4.48. The number of nitrogens with zero attached hydrogens (tertiary/aromatic N) is 1. The zero-order valence-electron chi connectivity index (χ0n) is 17.3. The Hall–Kier alpha value is -2.12. The summed E-state index contributed by atoms with van der Waals surface area (Å²) in [4.78, 5) is 25.4. The smallest absolute Gasteiger partial charge is 0.329 e. The van der Waals surface area contributed by atoms with Crippen LogP contribution in [0.3, 0.4) is 0 Å². The Morgan fingerprint density at radius 1 is 1.39 bits per heavy atom. The first-order chi connectivity index (χ1) is 13.2. The van der Waals surface area contributed by atoms with Gasteiger partial charge in [-0.1, -0.05) is 34.1 Å². The van der Waals surface area contributed by atoms with Crippen molar-refractivity contribution in [2.75, 3.05) is 26.3 Å². The number of hydrogen-bond acceptors (Lipinski definition) is 6. The van der Waals surface area contributed by atoms with Crippen LogP contribution in [-0.2, 0) is 19.1 Å². The van der Waals surface area contributed by atoms with Gasteiger partial charge in [-0.3, -0.25) is 4.79 Å². The van der Waals surface area contributed by atoms with Gasteiger partial charge < -0.3 is 25.2 Å². The maximum atomic E-state index is 12.5. The van der Waals surface area contributed by atoms with E-state index in [2.05, 4.69) is 32.6 Å². The zero-order valence-corrected chi connectivity index (χ0v) is 17.3. The quantitative estimate of drug-likeness (QED) is 0.582. The van der Waals surface area contributed by atoms with Gasteiger partial charge in [-0.2, -0.15) is 0 Å². The van der Waals surface area contributed by atoms with Gasteiger partial charge in [0, 0.05) is 31.3 Å². The van der Waals surface area contributed by atoms with E-state index in [-0.39, 0.29) is 17.6 Å². The van der Waals surface area contributed by atoms with E-state index in [4.69, 9.17) is 20.3 Å². The second-order valence-corrected chi connectivity index (χ2v) is 8.37. The fraction of sp³-hybridized carbons (Fsp3) is 0.619. The van der Waals surface area contributed by atoms with E-state index >= 15 is 0 Å². The molecule has 1 aliphatic heterocycles. The molecule has 3 N–H and O–H groups in total. The first-order valence-corrected chi connectivity index (χ1v) is 9.78. The minimum absolute atomic E-state index is 0.0268. The van der Waals surface area contributed by atoms with Gasteiger partial charge in [-0.25, -0.2) is 4.79 Å². The maximum absolute atomic E-state index is 12.5. The number of aliphatic carboxylic acids is 1. The van der Waals surface area contributed by atoms with Crippen molar-refractivity contribution < 1.29 is 24.2 Å². The molecule has 2 aliphatic rings. The summed E-state index contributed by atoms with van der Waals surface area (Å²) in [7, 11) is 0. The highest BCUT2D eigenvalue weighted by atomic mass is 16.5. The second-order valence-electron chi connectivity index (χ2n) is 8.37. The molecule has 2 rings (SSSR count).